The van der Waals surface area contributed by atoms with Gasteiger partial charge in [-0.15, -0.1) is 0 Å². The molecule has 0 bridgehead atoms. The zero-order valence-corrected chi connectivity index (χ0v) is 18.0. The molecule has 3 N–H and O–H groups in total. The summed E-state index contributed by atoms with van der Waals surface area (Å²) in [5.74, 6) is 0.934. The molecule has 0 spiro atoms. The van der Waals surface area contributed by atoms with Crippen molar-refractivity contribution >= 4 is 39.6 Å². The summed E-state index contributed by atoms with van der Waals surface area (Å²) in [6, 6.07) is 7.68. The standard InChI is InChI=1S/C21H28N6O3/c1-13(2)25-30-12-16-24-17-18(14-8-6-7-9-15(14)23-19(17)22)26(16)10-11-27(20(28)29)21(3,4)5/h6-9H,10-12H2,1-5H3,(H2,22,23)(H,28,29). The second kappa shape index (κ2) is 8.17. The predicted molar refractivity (Wildman–Crippen MR) is 118 cm³/mol. The number of anilines is 1. The molecule has 0 aliphatic rings. The SMILES string of the molecule is CC(C)=NOCc1nc2c(N)nc3ccccc3c2n1CCN(C(=O)O)C(C)(C)C. The number of para-hydroxylation sites is 1. The number of oxime groups is 1. The van der Waals surface area contributed by atoms with Crippen LogP contribution in [-0.2, 0) is 18.0 Å². The lowest BCUT2D eigenvalue weighted by molar-refractivity contribution is 0.0959. The minimum absolute atomic E-state index is 0.135. The van der Waals surface area contributed by atoms with Crippen molar-refractivity contribution in [3.8, 4) is 0 Å². The quantitative estimate of drug-likeness (QED) is 0.469. The van der Waals surface area contributed by atoms with E-state index in [0.717, 1.165) is 22.1 Å². The van der Waals surface area contributed by atoms with Crippen molar-refractivity contribution in [2.45, 2.75) is 53.3 Å². The van der Waals surface area contributed by atoms with Gasteiger partial charge in [-0.1, -0.05) is 23.4 Å². The summed E-state index contributed by atoms with van der Waals surface area (Å²) >= 11 is 0. The van der Waals surface area contributed by atoms with Crippen LogP contribution in [0.3, 0.4) is 0 Å². The molecule has 3 rings (SSSR count). The van der Waals surface area contributed by atoms with Crippen molar-refractivity contribution < 1.29 is 14.7 Å². The van der Waals surface area contributed by atoms with Crippen LogP contribution in [-0.4, -0.2) is 48.4 Å². The Morgan fingerprint density at radius 1 is 1.27 bits per heavy atom. The van der Waals surface area contributed by atoms with Crippen LogP contribution in [0, 0.1) is 0 Å². The zero-order chi connectivity index (χ0) is 22.1. The minimum atomic E-state index is -0.970. The van der Waals surface area contributed by atoms with Crippen LogP contribution >= 0.6 is 0 Å². The summed E-state index contributed by atoms with van der Waals surface area (Å²) < 4.78 is 1.96. The molecule has 1 aromatic carbocycles. The lowest BCUT2D eigenvalue weighted by atomic mass is 10.1. The molecule has 3 aromatic rings. The molecule has 9 nitrogen and oxygen atoms in total. The number of benzene rings is 1. The number of amides is 1. The Morgan fingerprint density at radius 3 is 2.60 bits per heavy atom. The maximum Gasteiger partial charge on any atom is 0.407 e. The van der Waals surface area contributed by atoms with Gasteiger partial charge in [-0.05, 0) is 40.7 Å². The summed E-state index contributed by atoms with van der Waals surface area (Å²) in [5.41, 5.74) is 8.58. The monoisotopic (exact) mass is 412 g/mol. The number of nitrogens with zero attached hydrogens (tertiary/aromatic N) is 5. The lowest BCUT2D eigenvalue weighted by Crippen LogP contribution is -2.46. The number of nitrogen functional groups attached to an aromatic ring is 1. The van der Waals surface area contributed by atoms with E-state index in [9.17, 15) is 9.90 Å². The molecule has 0 atom stereocenters. The number of fused-ring (bicyclic) bond motifs is 3. The van der Waals surface area contributed by atoms with Gasteiger partial charge in [0.05, 0.1) is 16.7 Å². The fourth-order valence-corrected chi connectivity index (χ4v) is 3.39. The molecule has 9 heteroatoms. The third-order valence-corrected chi connectivity index (χ3v) is 4.72. The Kier molecular flexibility index (Phi) is 5.82. The maximum atomic E-state index is 11.8. The number of carboxylic acid groups (broad SMARTS) is 1. The fraction of sp³-hybridized carbons (Fsp3) is 0.429. The number of rotatable bonds is 6. The molecule has 0 fully saturated rings. The molecule has 0 aliphatic carbocycles. The van der Waals surface area contributed by atoms with Gasteiger partial charge in [0.2, 0.25) is 0 Å². The first-order chi connectivity index (χ1) is 14.1. The lowest BCUT2D eigenvalue weighted by Gasteiger charge is -2.33. The third kappa shape index (κ3) is 4.29. The van der Waals surface area contributed by atoms with Crippen molar-refractivity contribution in [3.05, 3.63) is 30.1 Å². The van der Waals surface area contributed by atoms with Gasteiger partial charge in [0.25, 0.3) is 0 Å². The Balaban J connectivity index is 2.12. The van der Waals surface area contributed by atoms with Crippen molar-refractivity contribution in [3.63, 3.8) is 0 Å². The van der Waals surface area contributed by atoms with E-state index in [-0.39, 0.29) is 13.2 Å². The molecule has 0 saturated carbocycles. The van der Waals surface area contributed by atoms with Gasteiger partial charge in [-0.25, -0.2) is 14.8 Å². The van der Waals surface area contributed by atoms with Gasteiger partial charge in [0, 0.05) is 24.0 Å². The molecular weight excluding hydrogens is 384 g/mol. The predicted octanol–water partition coefficient (Wildman–Crippen LogP) is 3.86. The average molecular weight is 412 g/mol. The van der Waals surface area contributed by atoms with Crippen LogP contribution in [0.5, 0.6) is 0 Å². The normalized spacial score (nSPS) is 11.6. The van der Waals surface area contributed by atoms with E-state index in [1.165, 1.54) is 4.90 Å². The first kappa shape index (κ1) is 21.4. The number of hydrogen-bond donors (Lipinski definition) is 2. The highest BCUT2D eigenvalue weighted by atomic mass is 16.6. The first-order valence-electron chi connectivity index (χ1n) is 9.76. The molecule has 0 saturated heterocycles. The zero-order valence-electron chi connectivity index (χ0n) is 18.0. The Bertz CT molecular complexity index is 1110. The van der Waals surface area contributed by atoms with E-state index < -0.39 is 11.6 Å². The van der Waals surface area contributed by atoms with Gasteiger partial charge in [-0.2, -0.15) is 0 Å². The van der Waals surface area contributed by atoms with Crippen LogP contribution in [0.1, 0.15) is 40.4 Å². The summed E-state index contributed by atoms with van der Waals surface area (Å²) in [5, 5.41) is 14.6. The van der Waals surface area contributed by atoms with Gasteiger partial charge in [0.15, 0.2) is 18.2 Å². The van der Waals surface area contributed by atoms with E-state index in [2.05, 4.69) is 15.1 Å². The summed E-state index contributed by atoms with van der Waals surface area (Å²) in [7, 11) is 0. The number of hydrogen-bond acceptors (Lipinski definition) is 6. The third-order valence-electron chi connectivity index (χ3n) is 4.72. The molecule has 0 unspecified atom stereocenters. The largest absolute Gasteiger partial charge is 0.465 e. The van der Waals surface area contributed by atoms with Crippen LogP contribution in [0.25, 0.3) is 21.9 Å². The van der Waals surface area contributed by atoms with Gasteiger partial charge in [-0.3, -0.25) is 0 Å². The van der Waals surface area contributed by atoms with E-state index in [4.69, 9.17) is 10.6 Å². The molecular formula is C21H28N6O3. The number of nitrogens with two attached hydrogens (primary N) is 1. The molecule has 30 heavy (non-hydrogen) atoms. The summed E-state index contributed by atoms with van der Waals surface area (Å²) in [6.45, 7) is 10.1. The summed E-state index contributed by atoms with van der Waals surface area (Å²) in [4.78, 5) is 27.8. The topological polar surface area (TPSA) is 119 Å². The highest BCUT2D eigenvalue weighted by molar-refractivity contribution is 6.06. The van der Waals surface area contributed by atoms with E-state index in [1.54, 1.807) is 0 Å². The number of aromatic nitrogens is 3. The van der Waals surface area contributed by atoms with Crippen LogP contribution in [0.15, 0.2) is 29.4 Å². The van der Waals surface area contributed by atoms with E-state index in [0.29, 0.717) is 23.7 Å². The molecule has 160 valence electrons. The fourth-order valence-electron chi connectivity index (χ4n) is 3.39. The maximum absolute atomic E-state index is 11.8. The highest BCUT2D eigenvalue weighted by Crippen LogP contribution is 2.29. The first-order valence-corrected chi connectivity index (χ1v) is 9.76. The van der Waals surface area contributed by atoms with Crippen LogP contribution in [0.2, 0.25) is 0 Å². The molecule has 0 aliphatic heterocycles. The molecule has 0 radical (unpaired) electrons. The number of pyridine rings is 1. The van der Waals surface area contributed by atoms with Crippen molar-refractivity contribution in [1.29, 1.82) is 0 Å². The second-order valence-corrected chi connectivity index (χ2v) is 8.31. The van der Waals surface area contributed by atoms with Gasteiger partial charge < -0.3 is 25.1 Å². The van der Waals surface area contributed by atoms with Gasteiger partial charge in [0.1, 0.15) is 5.52 Å². The smallest absolute Gasteiger partial charge is 0.407 e. The molecule has 1 amide bonds. The highest BCUT2D eigenvalue weighted by Gasteiger charge is 2.27. The van der Waals surface area contributed by atoms with Crippen LogP contribution in [0.4, 0.5) is 10.6 Å². The summed E-state index contributed by atoms with van der Waals surface area (Å²) in [6.07, 6.45) is -0.970. The van der Waals surface area contributed by atoms with Crippen LogP contribution < -0.4 is 5.73 Å². The second-order valence-electron chi connectivity index (χ2n) is 8.31. The molecule has 2 aromatic heterocycles. The van der Waals surface area contributed by atoms with E-state index >= 15 is 0 Å². The minimum Gasteiger partial charge on any atom is -0.465 e. The van der Waals surface area contributed by atoms with Crippen molar-refractivity contribution in [1.82, 2.24) is 19.4 Å². The Hall–Kier alpha value is -3.36. The van der Waals surface area contributed by atoms with Crippen molar-refractivity contribution in [2.24, 2.45) is 5.16 Å². The van der Waals surface area contributed by atoms with E-state index in [1.807, 2.05) is 63.5 Å². The Morgan fingerprint density at radius 2 is 1.97 bits per heavy atom. The molecule has 2 heterocycles. The average Bonchev–Trinajstić information content (AvgIpc) is 3.00. The number of imidazole rings is 1. The van der Waals surface area contributed by atoms with Crippen molar-refractivity contribution in [2.75, 3.05) is 12.3 Å². The van der Waals surface area contributed by atoms with Gasteiger partial charge >= 0.3 is 6.09 Å². The Labute approximate surface area is 175 Å². The number of carbonyl (C=O) groups is 1.